The summed E-state index contributed by atoms with van der Waals surface area (Å²) in [6.45, 7) is 4.00. The molecule has 0 aromatic heterocycles. The van der Waals surface area contributed by atoms with Crippen LogP contribution >= 0.6 is 0 Å². The molecule has 2 aromatic rings. The van der Waals surface area contributed by atoms with Crippen molar-refractivity contribution in [2.45, 2.75) is 13.8 Å². The summed E-state index contributed by atoms with van der Waals surface area (Å²) in [6.07, 6.45) is 0. The van der Waals surface area contributed by atoms with Crippen LogP contribution in [0.25, 0.3) is 10.8 Å². The zero-order chi connectivity index (χ0) is 9.68. The Kier molecular flexibility index (Phi) is 3.47. The normalized spacial score (nSPS) is 9.15. The second kappa shape index (κ2) is 4.63. The average Bonchev–Trinajstić information content (AvgIpc) is 2.22. The minimum Gasteiger partial charge on any atom is -0.325 e. The second-order valence-electron chi connectivity index (χ2n) is 2.64. The van der Waals surface area contributed by atoms with E-state index in [1.54, 1.807) is 0 Å². The Labute approximate surface area is 79.2 Å². The van der Waals surface area contributed by atoms with Crippen LogP contribution in [0.3, 0.4) is 0 Å². The molecular weight excluding hydrogens is 158 g/mol. The highest BCUT2D eigenvalue weighted by Crippen LogP contribution is 2.17. The Bertz CT molecular complexity index is 374. The van der Waals surface area contributed by atoms with Gasteiger partial charge in [-0.2, -0.15) is 0 Å². The number of quaternary nitrogens is 1. The fourth-order valence-electron chi connectivity index (χ4n) is 1.29. The lowest BCUT2D eigenvalue weighted by Gasteiger charge is -1.95. The van der Waals surface area contributed by atoms with Crippen LogP contribution in [0.1, 0.15) is 13.8 Å². The zero-order valence-corrected chi connectivity index (χ0v) is 8.25. The third kappa shape index (κ3) is 2.07. The van der Waals surface area contributed by atoms with Crippen LogP contribution in [-0.2, 0) is 0 Å². The molecule has 2 rings (SSSR count). The van der Waals surface area contributed by atoms with E-state index in [0.717, 1.165) is 5.69 Å². The van der Waals surface area contributed by atoms with E-state index in [1.807, 2.05) is 38.1 Å². The van der Waals surface area contributed by atoms with E-state index in [9.17, 15) is 0 Å². The van der Waals surface area contributed by atoms with E-state index in [-0.39, 0.29) is 0 Å². The largest absolute Gasteiger partial charge is 0.325 e. The first-order valence-corrected chi connectivity index (χ1v) is 4.67. The quantitative estimate of drug-likeness (QED) is 0.636. The van der Waals surface area contributed by atoms with E-state index in [2.05, 4.69) is 23.9 Å². The van der Waals surface area contributed by atoms with Crippen molar-refractivity contribution in [2.75, 3.05) is 0 Å². The second-order valence-corrected chi connectivity index (χ2v) is 2.64. The SMILES string of the molecule is CC.[NH3+]c1cccc2ccccc12. The maximum Gasteiger partial charge on any atom is 0.135 e. The standard InChI is InChI=1S/C10H9N.C2H6/c11-10-7-3-5-8-4-1-2-6-9(8)10;1-2/h1-7H,11H2;1-2H3/p+1. The van der Waals surface area contributed by atoms with E-state index in [1.165, 1.54) is 10.8 Å². The molecule has 0 aliphatic carbocycles. The lowest BCUT2D eigenvalue weighted by molar-refractivity contribution is -0.252. The van der Waals surface area contributed by atoms with Gasteiger partial charge in [0.15, 0.2) is 0 Å². The van der Waals surface area contributed by atoms with E-state index in [0.29, 0.717) is 0 Å². The van der Waals surface area contributed by atoms with Gasteiger partial charge in [0, 0.05) is 5.39 Å². The van der Waals surface area contributed by atoms with Crippen LogP contribution in [0.15, 0.2) is 42.5 Å². The first-order valence-electron chi connectivity index (χ1n) is 4.67. The van der Waals surface area contributed by atoms with Gasteiger partial charge in [0.25, 0.3) is 0 Å². The third-order valence-electron chi connectivity index (χ3n) is 1.88. The molecule has 1 nitrogen and oxygen atoms in total. The van der Waals surface area contributed by atoms with Crippen LogP contribution in [0, 0.1) is 0 Å². The molecule has 1 heteroatoms. The van der Waals surface area contributed by atoms with E-state index in [4.69, 9.17) is 0 Å². The van der Waals surface area contributed by atoms with Gasteiger partial charge in [-0.25, -0.2) is 0 Å². The van der Waals surface area contributed by atoms with Gasteiger partial charge in [0.2, 0.25) is 0 Å². The highest BCUT2D eigenvalue weighted by atomic mass is 14.5. The predicted molar refractivity (Wildman–Crippen MR) is 57.8 cm³/mol. The summed E-state index contributed by atoms with van der Waals surface area (Å²) < 4.78 is 0. The summed E-state index contributed by atoms with van der Waals surface area (Å²) in [6, 6.07) is 14.4. The maximum atomic E-state index is 3.95. The molecule has 0 atom stereocenters. The number of fused-ring (bicyclic) bond motifs is 1. The van der Waals surface area contributed by atoms with Crippen LogP contribution in [0.4, 0.5) is 5.69 Å². The summed E-state index contributed by atoms with van der Waals surface area (Å²) in [5.74, 6) is 0. The molecule has 0 aliphatic heterocycles. The summed E-state index contributed by atoms with van der Waals surface area (Å²) >= 11 is 0. The molecule has 13 heavy (non-hydrogen) atoms. The number of rotatable bonds is 0. The molecule has 0 unspecified atom stereocenters. The topological polar surface area (TPSA) is 27.6 Å². The van der Waals surface area contributed by atoms with Gasteiger partial charge in [-0.15, -0.1) is 0 Å². The van der Waals surface area contributed by atoms with Gasteiger partial charge in [0.1, 0.15) is 5.69 Å². The summed E-state index contributed by atoms with van der Waals surface area (Å²) in [4.78, 5) is 0. The molecule has 0 radical (unpaired) electrons. The number of hydrogen-bond donors (Lipinski definition) is 1. The fourth-order valence-corrected chi connectivity index (χ4v) is 1.29. The number of hydrogen-bond acceptors (Lipinski definition) is 0. The molecule has 0 amide bonds. The Morgan fingerprint density at radius 1 is 0.846 bits per heavy atom. The van der Waals surface area contributed by atoms with Crippen molar-refractivity contribution in [3.05, 3.63) is 42.5 Å². The lowest BCUT2D eigenvalue weighted by atomic mass is 10.1. The van der Waals surface area contributed by atoms with Gasteiger partial charge in [-0.1, -0.05) is 44.2 Å². The number of benzene rings is 2. The molecule has 0 bridgehead atoms. The molecule has 0 saturated carbocycles. The minimum absolute atomic E-state index is 1.10. The molecule has 0 aliphatic rings. The first kappa shape index (κ1) is 9.75. The smallest absolute Gasteiger partial charge is 0.135 e. The Morgan fingerprint density at radius 3 is 2.15 bits per heavy atom. The summed E-state index contributed by atoms with van der Waals surface area (Å²) in [5.41, 5.74) is 5.05. The van der Waals surface area contributed by atoms with Crippen LogP contribution in [0.5, 0.6) is 0 Å². The molecule has 0 saturated heterocycles. The van der Waals surface area contributed by atoms with Gasteiger partial charge in [-0.05, 0) is 17.5 Å². The molecule has 3 N–H and O–H groups in total. The third-order valence-corrected chi connectivity index (χ3v) is 1.88. The molecule has 0 heterocycles. The van der Waals surface area contributed by atoms with Gasteiger partial charge in [0.05, 0.1) is 0 Å². The van der Waals surface area contributed by atoms with Gasteiger partial charge < -0.3 is 5.73 Å². The van der Waals surface area contributed by atoms with Crippen molar-refractivity contribution < 1.29 is 5.73 Å². The highest BCUT2D eigenvalue weighted by molar-refractivity contribution is 5.90. The average molecular weight is 174 g/mol. The van der Waals surface area contributed by atoms with Crippen molar-refractivity contribution in [1.29, 1.82) is 0 Å². The van der Waals surface area contributed by atoms with E-state index < -0.39 is 0 Å². The van der Waals surface area contributed by atoms with Crippen LogP contribution in [-0.4, -0.2) is 0 Å². The van der Waals surface area contributed by atoms with E-state index >= 15 is 0 Å². The van der Waals surface area contributed by atoms with Gasteiger partial charge in [-0.3, -0.25) is 0 Å². The molecule has 0 spiro atoms. The Balaban J connectivity index is 0.000000396. The highest BCUT2D eigenvalue weighted by Gasteiger charge is 1.96. The van der Waals surface area contributed by atoms with Crippen molar-refractivity contribution in [1.82, 2.24) is 0 Å². The maximum absolute atomic E-state index is 3.95. The molecule has 0 fully saturated rings. The van der Waals surface area contributed by atoms with Crippen LogP contribution in [0.2, 0.25) is 0 Å². The summed E-state index contributed by atoms with van der Waals surface area (Å²) in [5, 5.41) is 2.51. The molecule has 2 aromatic carbocycles. The lowest BCUT2D eigenvalue weighted by Crippen LogP contribution is -2.40. The first-order chi connectivity index (χ1) is 6.38. The molecule has 68 valence electrons. The zero-order valence-electron chi connectivity index (χ0n) is 8.25. The monoisotopic (exact) mass is 174 g/mol. The van der Waals surface area contributed by atoms with Gasteiger partial charge >= 0.3 is 0 Å². The Morgan fingerprint density at radius 2 is 1.46 bits per heavy atom. The fraction of sp³-hybridized carbons (Fsp3) is 0.167. The molecular formula is C12H16N+. The van der Waals surface area contributed by atoms with Crippen molar-refractivity contribution in [3.8, 4) is 0 Å². The van der Waals surface area contributed by atoms with Crippen LogP contribution < -0.4 is 5.73 Å². The van der Waals surface area contributed by atoms with Crippen molar-refractivity contribution in [2.24, 2.45) is 0 Å². The Hall–Kier alpha value is -1.34. The summed E-state index contributed by atoms with van der Waals surface area (Å²) in [7, 11) is 0. The predicted octanol–water partition coefficient (Wildman–Crippen LogP) is 2.74. The van der Waals surface area contributed by atoms with Crippen molar-refractivity contribution in [3.63, 3.8) is 0 Å². The minimum atomic E-state index is 1.10. The van der Waals surface area contributed by atoms with Crippen molar-refractivity contribution >= 4 is 16.5 Å².